The van der Waals surface area contributed by atoms with Crippen LogP contribution in [0.4, 0.5) is 32.2 Å². The van der Waals surface area contributed by atoms with Crippen molar-refractivity contribution in [1.82, 2.24) is 19.9 Å². The second-order valence-electron chi connectivity index (χ2n) is 7.87. The minimum atomic E-state index is -4.45. The molecule has 4 aromatic rings. The van der Waals surface area contributed by atoms with Gasteiger partial charge in [0.15, 0.2) is 0 Å². The molecule has 14 heteroatoms. The highest BCUT2D eigenvalue weighted by molar-refractivity contribution is 7.13. The lowest BCUT2D eigenvalue weighted by Gasteiger charge is -2.09. The van der Waals surface area contributed by atoms with E-state index in [4.69, 9.17) is 5.73 Å². The molecule has 212 valence electrons. The number of ketones is 1. The molecule has 0 bridgehead atoms. The second-order valence-corrected chi connectivity index (χ2v) is 9.59. The number of carbonyl (C=O) groups excluding carboxylic acids is 1. The van der Waals surface area contributed by atoms with Crippen molar-refractivity contribution in [3.63, 3.8) is 0 Å². The lowest BCUT2D eigenvalue weighted by Crippen LogP contribution is -2.10. The van der Waals surface area contributed by atoms with Crippen LogP contribution in [0.5, 0.6) is 0 Å². The fraction of sp³-hybridized carbons (Fsp3) is 0.320. The second kappa shape index (κ2) is 13.1. The molecular weight excluding hydrogens is 564 g/mol. The molecule has 4 aromatic heterocycles. The summed E-state index contributed by atoms with van der Waals surface area (Å²) in [5, 5.41) is 4.48. The Bertz CT molecular complexity index is 1410. The zero-order valence-electron chi connectivity index (χ0n) is 19.5. The van der Waals surface area contributed by atoms with Gasteiger partial charge < -0.3 is 5.73 Å². The first-order valence-corrected chi connectivity index (χ1v) is 12.1. The summed E-state index contributed by atoms with van der Waals surface area (Å²) in [6.45, 7) is 4.20. The Kier molecular flexibility index (Phi) is 11.3. The predicted octanol–water partition coefficient (Wildman–Crippen LogP) is 8.05. The molecule has 2 N–H and O–H groups in total. The minimum Gasteiger partial charge on any atom is -0.383 e. The molecule has 4 rings (SSSR count). The van der Waals surface area contributed by atoms with Crippen molar-refractivity contribution < 1.29 is 31.1 Å². The van der Waals surface area contributed by atoms with Gasteiger partial charge in [0.05, 0.1) is 5.69 Å². The molecule has 0 atom stereocenters. The maximum atomic E-state index is 12.6. The Morgan fingerprint density at radius 1 is 0.821 bits per heavy atom. The van der Waals surface area contributed by atoms with Crippen molar-refractivity contribution >= 4 is 34.3 Å². The summed E-state index contributed by atoms with van der Waals surface area (Å²) in [7, 11) is 0. The van der Waals surface area contributed by atoms with E-state index in [0.717, 1.165) is 12.4 Å². The molecule has 6 nitrogen and oxygen atoms in total. The molecule has 0 aromatic carbocycles. The quantitative estimate of drug-likeness (QED) is 0.241. The van der Waals surface area contributed by atoms with Crippen molar-refractivity contribution in [2.45, 2.75) is 54.4 Å². The number of thiazole rings is 2. The number of Topliss-reactive ketones (excluding diaryl/α,β-unsaturated/α-hetero) is 1. The number of rotatable bonds is 4. The van der Waals surface area contributed by atoms with Crippen molar-refractivity contribution in [3.8, 4) is 21.1 Å². The van der Waals surface area contributed by atoms with Crippen LogP contribution in [0.2, 0.25) is 0 Å². The van der Waals surface area contributed by atoms with E-state index in [1.807, 2.05) is 0 Å². The van der Waals surface area contributed by atoms with Crippen molar-refractivity contribution in [2.75, 3.05) is 5.73 Å². The van der Waals surface area contributed by atoms with Gasteiger partial charge in [-0.05, 0) is 44.0 Å². The Labute approximate surface area is 230 Å². The van der Waals surface area contributed by atoms with Crippen LogP contribution in [0.1, 0.15) is 50.0 Å². The molecular formula is C25H27F6N5OS2. The van der Waals surface area contributed by atoms with Crippen LogP contribution in [0.3, 0.4) is 0 Å². The number of hydrogen-bond donors (Lipinski definition) is 1. The van der Waals surface area contributed by atoms with Gasteiger partial charge in [0.2, 0.25) is 0 Å². The molecule has 0 amide bonds. The molecule has 0 spiro atoms. The largest absolute Gasteiger partial charge is 0.433 e. The number of alkyl halides is 6. The van der Waals surface area contributed by atoms with Crippen LogP contribution in [-0.2, 0) is 23.6 Å². The fourth-order valence-corrected chi connectivity index (χ4v) is 4.66. The Morgan fingerprint density at radius 3 is 1.62 bits per heavy atom. The highest BCUT2D eigenvalue weighted by Gasteiger charge is 2.35. The van der Waals surface area contributed by atoms with Gasteiger partial charge in [-0.2, -0.15) is 26.3 Å². The van der Waals surface area contributed by atoms with Crippen molar-refractivity contribution in [2.24, 2.45) is 0 Å². The number of hydrogen-bond acceptors (Lipinski definition) is 8. The summed E-state index contributed by atoms with van der Waals surface area (Å²) in [4.78, 5) is 26.1. The van der Waals surface area contributed by atoms with Gasteiger partial charge in [0, 0.05) is 40.7 Å². The fourth-order valence-electron chi connectivity index (χ4n) is 3.17. The van der Waals surface area contributed by atoms with Gasteiger partial charge in [0.25, 0.3) is 0 Å². The third kappa shape index (κ3) is 8.82. The van der Waals surface area contributed by atoms with Gasteiger partial charge in [0.1, 0.15) is 33.0 Å². The summed E-state index contributed by atoms with van der Waals surface area (Å²) >= 11 is 2.55. The number of pyridine rings is 2. The SMILES string of the molecule is C.C.CC(=O)Cc1csc(-c2cnc(C(F)(F)F)c(C)c2)n1.Cc1cc(-c2nc(N)cs2)cnc1C(F)(F)F. The maximum Gasteiger partial charge on any atom is 0.433 e. The molecule has 0 aliphatic rings. The molecule has 0 radical (unpaired) electrons. The number of carbonyl (C=O) groups is 1. The van der Waals surface area contributed by atoms with Crippen molar-refractivity contribution in [3.05, 3.63) is 63.5 Å². The summed E-state index contributed by atoms with van der Waals surface area (Å²) < 4.78 is 75.3. The Balaban J connectivity index is 0.000000375. The topological polar surface area (TPSA) is 94.7 Å². The predicted molar refractivity (Wildman–Crippen MR) is 142 cm³/mol. The zero-order chi connectivity index (χ0) is 27.5. The van der Waals surface area contributed by atoms with Crippen molar-refractivity contribution in [1.29, 1.82) is 0 Å². The lowest BCUT2D eigenvalue weighted by atomic mass is 10.1. The number of aryl methyl sites for hydroxylation is 2. The van der Waals surface area contributed by atoms with E-state index in [1.165, 1.54) is 55.6 Å². The molecule has 0 unspecified atom stereocenters. The first-order valence-electron chi connectivity index (χ1n) is 10.4. The van der Waals surface area contributed by atoms with E-state index in [2.05, 4.69) is 19.9 Å². The summed E-state index contributed by atoms with van der Waals surface area (Å²) in [5.74, 6) is 0.339. The number of anilines is 1. The third-order valence-electron chi connectivity index (χ3n) is 4.69. The normalized spacial score (nSPS) is 11.1. The molecule has 0 aliphatic carbocycles. The summed E-state index contributed by atoms with van der Waals surface area (Å²) in [6.07, 6.45) is -6.33. The molecule has 39 heavy (non-hydrogen) atoms. The number of nitrogens with zero attached hydrogens (tertiary/aromatic N) is 4. The van der Waals surface area contributed by atoms with Gasteiger partial charge in [-0.25, -0.2) is 9.97 Å². The number of aromatic nitrogens is 4. The first kappa shape index (κ1) is 33.6. The Morgan fingerprint density at radius 2 is 1.26 bits per heavy atom. The van der Waals surface area contributed by atoms with Gasteiger partial charge in [-0.1, -0.05) is 14.9 Å². The standard InChI is InChI=1S/C13H11F3N2OS.C10H8F3N3S.2CH4/c1-7-3-9(5-17-11(7)13(14,15)16)12-18-10(6-20-12)4-8(2)19;1-5-2-6(9-16-7(14)4-17-9)3-15-8(5)10(11,12)13;;/h3,5-6H,4H2,1-2H3;2-4H,14H2,1H3;2*1H4. The van der Waals surface area contributed by atoms with Crippen LogP contribution >= 0.6 is 22.7 Å². The van der Waals surface area contributed by atoms with Crippen LogP contribution in [-0.4, -0.2) is 25.7 Å². The van der Waals surface area contributed by atoms with E-state index in [1.54, 1.807) is 10.8 Å². The molecule has 0 aliphatic heterocycles. The number of nitrogen functional groups attached to an aromatic ring is 1. The Hall–Kier alpha value is -3.39. The number of halogens is 6. The van der Waals surface area contributed by atoms with Gasteiger partial charge in [-0.15, -0.1) is 22.7 Å². The molecule has 0 saturated heterocycles. The third-order valence-corrected chi connectivity index (χ3v) is 6.54. The summed E-state index contributed by atoms with van der Waals surface area (Å²) in [6, 6.07) is 2.82. The van der Waals surface area contributed by atoms with Crippen LogP contribution in [0, 0.1) is 13.8 Å². The van der Waals surface area contributed by atoms with E-state index in [-0.39, 0.29) is 38.2 Å². The van der Waals surface area contributed by atoms with Gasteiger partial charge >= 0.3 is 12.4 Å². The molecule has 0 saturated carbocycles. The average Bonchev–Trinajstić information content (AvgIpc) is 3.41. The number of nitrogens with two attached hydrogens (primary N) is 1. The maximum absolute atomic E-state index is 12.6. The molecule has 0 fully saturated rings. The minimum absolute atomic E-state index is 0. The van der Waals surface area contributed by atoms with Crippen LogP contribution in [0.15, 0.2) is 35.3 Å². The highest BCUT2D eigenvalue weighted by atomic mass is 32.1. The van der Waals surface area contributed by atoms with Gasteiger partial charge in [-0.3, -0.25) is 14.8 Å². The zero-order valence-corrected chi connectivity index (χ0v) is 21.2. The van der Waals surface area contributed by atoms with E-state index < -0.39 is 23.7 Å². The van der Waals surface area contributed by atoms with Crippen LogP contribution in [0.25, 0.3) is 21.1 Å². The average molecular weight is 592 g/mol. The smallest absolute Gasteiger partial charge is 0.383 e. The van der Waals surface area contributed by atoms with E-state index >= 15 is 0 Å². The van der Waals surface area contributed by atoms with E-state index in [9.17, 15) is 31.1 Å². The van der Waals surface area contributed by atoms with Crippen LogP contribution < -0.4 is 5.73 Å². The monoisotopic (exact) mass is 591 g/mol. The summed E-state index contributed by atoms with van der Waals surface area (Å²) in [5.41, 5.74) is 5.50. The lowest BCUT2D eigenvalue weighted by molar-refractivity contribution is -0.142. The first-order chi connectivity index (χ1) is 17.1. The molecule has 4 heterocycles. The van der Waals surface area contributed by atoms with E-state index in [0.29, 0.717) is 32.7 Å². The highest BCUT2D eigenvalue weighted by Crippen LogP contribution is 2.34.